The maximum absolute atomic E-state index is 14.3. The predicted octanol–water partition coefficient (Wildman–Crippen LogP) is 4.28. The molecule has 1 aromatic carbocycles. The van der Waals surface area contributed by atoms with Crippen molar-refractivity contribution < 1.29 is 13.2 Å². The second-order valence-electron chi connectivity index (χ2n) is 7.23. The van der Waals surface area contributed by atoms with E-state index in [1.807, 2.05) is 6.20 Å². The van der Waals surface area contributed by atoms with Crippen LogP contribution in [0.1, 0.15) is 30.7 Å². The van der Waals surface area contributed by atoms with E-state index in [2.05, 4.69) is 16.1 Å². The summed E-state index contributed by atoms with van der Waals surface area (Å²) < 4.78 is 42.0. The summed E-state index contributed by atoms with van der Waals surface area (Å²) in [5, 5.41) is 5.22. The van der Waals surface area contributed by atoms with Gasteiger partial charge in [0.1, 0.15) is 11.5 Å². The van der Waals surface area contributed by atoms with Gasteiger partial charge in [0.25, 0.3) is 5.92 Å². The Bertz CT molecular complexity index is 986. The van der Waals surface area contributed by atoms with Gasteiger partial charge in [0.2, 0.25) is 0 Å². The van der Waals surface area contributed by atoms with Gasteiger partial charge in [-0.25, -0.2) is 22.8 Å². The second kappa shape index (κ2) is 5.46. The maximum atomic E-state index is 14.3. The number of pyridine rings is 1. The first-order chi connectivity index (χ1) is 12.5. The molecule has 1 aliphatic heterocycles. The van der Waals surface area contributed by atoms with Crippen molar-refractivity contribution in [3.05, 3.63) is 48.0 Å². The van der Waals surface area contributed by atoms with Crippen molar-refractivity contribution in [3.63, 3.8) is 0 Å². The molecule has 3 heterocycles. The third-order valence-corrected chi connectivity index (χ3v) is 5.34. The van der Waals surface area contributed by atoms with Crippen molar-refractivity contribution in [1.82, 2.24) is 14.8 Å². The number of hydrogen-bond donors (Lipinski definition) is 0. The van der Waals surface area contributed by atoms with Crippen molar-refractivity contribution in [2.45, 2.75) is 31.1 Å². The number of aromatic nitrogens is 3. The van der Waals surface area contributed by atoms with Crippen LogP contribution in [-0.4, -0.2) is 33.8 Å². The van der Waals surface area contributed by atoms with Crippen LogP contribution in [0.15, 0.2) is 36.7 Å². The summed E-state index contributed by atoms with van der Waals surface area (Å²) in [5.74, 6) is -2.56. The van der Waals surface area contributed by atoms with Crippen molar-refractivity contribution in [2.75, 3.05) is 18.0 Å². The molecule has 3 aromatic rings. The van der Waals surface area contributed by atoms with Gasteiger partial charge in [0.15, 0.2) is 5.65 Å². The monoisotopic (exact) mass is 358 g/mol. The maximum Gasteiger partial charge on any atom is 0.282 e. The number of benzene rings is 1. The molecule has 0 radical (unpaired) electrons. The number of fused-ring (bicyclic) bond motifs is 1. The van der Waals surface area contributed by atoms with Gasteiger partial charge in [-0.15, -0.1) is 5.10 Å². The van der Waals surface area contributed by atoms with E-state index in [0.29, 0.717) is 17.3 Å². The lowest BCUT2D eigenvalue weighted by Gasteiger charge is -2.40. The van der Waals surface area contributed by atoms with Crippen LogP contribution in [0.2, 0.25) is 0 Å². The topological polar surface area (TPSA) is 34.0 Å². The molecule has 2 aromatic heterocycles. The first-order valence-electron chi connectivity index (χ1n) is 8.77. The van der Waals surface area contributed by atoms with E-state index in [4.69, 9.17) is 0 Å². The van der Waals surface area contributed by atoms with Crippen molar-refractivity contribution >= 4 is 16.7 Å². The highest BCUT2D eigenvalue weighted by Crippen LogP contribution is 2.37. The van der Waals surface area contributed by atoms with Crippen molar-refractivity contribution in [1.29, 1.82) is 0 Å². The number of alkyl halides is 2. The van der Waals surface area contributed by atoms with Crippen LogP contribution in [0, 0.1) is 5.82 Å². The van der Waals surface area contributed by atoms with E-state index in [1.54, 1.807) is 12.3 Å². The molecule has 2 aliphatic rings. The highest BCUT2D eigenvalue weighted by Gasteiger charge is 2.44. The van der Waals surface area contributed by atoms with Gasteiger partial charge in [-0.3, -0.25) is 0 Å². The van der Waals surface area contributed by atoms with E-state index in [-0.39, 0.29) is 18.8 Å². The number of rotatable bonds is 3. The Morgan fingerprint density at radius 3 is 2.62 bits per heavy atom. The fourth-order valence-corrected chi connectivity index (χ4v) is 3.59. The zero-order valence-electron chi connectivity index (χ0n) is 14.0. The lowest BCUT2D eigenvalue weighted by atomic mass is 9.80. The van der Waals surface area contributed by atoms with E-state index in [0.717, 1.165) is 5.39 Å². The molecule has 0 bridgehead atoms. The number of halogens is 3. The molecule has 2 fully saturated rings. The van der Waals surface area contributed by atoms with Crippen molar-refractivity contribution in [3.8, 4) is 5.69 Å². The molecule has 4 nitrogen and oxygen atoms in total. The molecule has 1 saturated heterocycles. The molecule has 0 atom stereocenters. The third-order valence-electron chi connectivity index (χ3n) is 5.34. The first kappa shape index (κ1) is 15.7. The smallest absolute Gasteiger partial charge is 0.282 e. The normalized spacial score (nSPS) is 19.4. The molecule has 0 N–H and O–H groups in total. The molecule has 7 heteroatoms. The van der Waals surface area contributed by atoms with Crippen molar-refractivity contribution in [2.24, 2.45) is 0 Å². The summed E-state index contributed by atoms with van der Waals surface area (Å²) in [7, 11) is 0. The quantitative estimate of drug-likeness (QED) is 0.701. The van der Waals surface area contributed by atoms with Gasteiger partial charge >= 0.3 is 0 Å². The summed E-state index contributed by atoms with van der Waals surface area (Å²) in [6.07, 6.45) is 7.20. The fourth-order valence-electron chi connectivity index (χ4n) is 3.59. The average molecular weight is 358 g/mol. The van der Waals surface area contributed by atoms with Crippen LogP contribution in [0.5, 0.6) is 0 Å². The largest absolute Gasteiger partial charge is 0.359 e. The Kier molecular flexibility index (Phi) is 3.29. The molecular weight excluding hydrogens is 341 g/mol. The molecule has 1 aliphatic carbocycles. The minimum Gasteiger partial charge on any atom is -0.359 e. The van der Waals surface area contributed by atoms with E-state index >= 15 is 0 Å². The minimum atomic E-state index is -2.67. The fraction of sp³-hybridized carbons (Fsp3) is 0.368. The van der Waals surface area contributed by atoms with Crippen LogP contribution in [0.3, 0.4) is 0 Å². The molecule has 134 valence electrons. The van der Waals surface area contributed by atoms with E-state index in [1.165, 1.54) is 46.5 Å². The van der Waals surface area contributed by atoms with Crippen LogP contribution >= 0.6 is 0 Å². The summed E-state index contributed by atoms with van der Waals surface area (Å²) in [4.78, 5) is 5.93. The number of hydrogen-bond acceptors (Lipinski definition) is 3. The van der Waals surface area contributed by atoms with Gasteiger partial charge in [-0.1, -0.05) is 6.42 Å². The molecule has 1 saturated carbocycles. The van der Waals surface area contributed by atoms with Crippen LogP contribution < -0.4 is 4.90 Å². The summed E-state index contributed by atoms with van der Waals surface area (Å²) >= 11 is 0. The Hall–Kier alpha value is -2.57. The van der Waals surface area contributed by atoms with Gasteiger partial charge in [0.05, 0.1) is 13.1 Å². The highest BCUT2D eigenvalue weighted by atomic mass is 19.3. The molecule has 26 heavy (non-hydrogen) atoms. The Balaban J connectivity index is 1.50. The predicted molar refractivity (Wildman–Crippen MR) is 92.6 cm³/mol. The Morgan fingerprint density at radius 1 is 1.12 bits per heavy atom. The lowest BCUT2D eigenvalue weighted by molar-refractivity contribution is -0.0262. The summed E-state index contributed by atoms with van der Waals surface area (Å²) in [5.41, 5.74) is 2.55. The Labute approximate surface area is 148 Å². The third kappa shape index (κ3) is 2.53. The minimum absolute atomic E-state index is 0.237. The summed E-state index contributed by atoms with van der Waals surface area (Å²) in [6.45, 7) is -0.684. The van der Waals surface area contributed by atoms with Gasteiger partial charge < -0.3 is 4.90 Å². The average Bonchev–Trinajstić information content (AvgIpc) is 2.94. The van der Waals surface area contributed by atoms with Crippen LogP contribution in [0.25, 0.3) is 16.7 Å². The second-order valence-corrected chi connectivity index (χ2v) is 7.23. The van der Waals surface area contributed by atoms with Crippen LogP contribution in [-0.2, 0) is 0 Å². The zero-order valence-corrected chi connectivity index (χ0v) is 14.0. The van der Waals surface area contributed by atoms with E-state index < -0.39 is 11.7 Å². The highest BCUT2D eigenvalue weighted by molar-refractivity contribution is 5.75. The molecule has 0 unspecified atom stereocenters. The molecular formula is C19H17F3N4. The lowest BCUT2D eigenvalue weighted by Crippen LogP contribution is -2.56. The number of nitrogens with zero attached hydrogens (tertiary/aromatic N) is 4. The molecule has 0 spiro atoms. The first-order valence-corrected chi connectivity index (χ1v) is 8.77. The van der Waals surface area contributed by atoms with E-state index in [9.17, 15) is 13.2 Å². The van der Waals surface area contributed by atoms with Gasteiger partial charge in [0, 0.05) is 23.5 Å². The van der Waals surface area contributed by atoms with Gasteiger partial charge in [-0.05, 0) is 48.6 Å². The standard InChI is InChI=1S/C19H17F3N4/c20-16-5-4-15(25-10-19(21,22)11-25)7-17(16)26-9-14-6-13(12-2-1-3-12)8-23-18(14)24-26/h4-9,12H,1-3,10-11H2. The zero-order chi connectivity index (χ0) is 17.9. The summed E-state index contributed by atoms with van der Waals surface area (Å²) in [6, 6.07) is 6.43. The Morgan fingerprint density at radius 2 is 1.92 bits per heavy atom. The van der Waals surface area contributed by atoms with Crippen LogP contribution in [0.4, 0.5) is 18.9 Å². The molecule has 0 amide bonds. The van der Waals surface area contributed by atoms with Gasteiger partial charge in [-0.2, -0.15) is 0 Å². The SMILES string of the molecule is Fc1ccc(N2CC(F)(F)C2)cc1-n1cc2cc(C3CCC3)cnc2n1. The number of anilines is 1. The molecule has 5 rings (SSSR count).